The summed E-state index contributed by atoms with van der Waals surface area (Å²) in [5.41, 5.74) is 5.61. The van der Waals surface area contributed by atoms with E-state index in [1.54, 1.807) is 11.5 Å². The third-order valence-corrected chi connectivity index (χ3v) is 4.09. The van der Waals surface area contributed by atoms with Crippen molar-refractivity contribution < 1.29 is 0 Å². The lowest BCUT2D eigenvalue weighted by Gasteiger charge is -2.37. The zero-order valence-electron chi connectivity index (χ0n) is 10.6. The van der Waals surface area contributed by atoms with Crippen LogP contribution in [-0.2, 0) is 6.42 Å². The molecule has 1 saturated carbocycles. The Balaban J connectivity index is 2.01. The number of aromatic nitrogens is 2. The number of hydrogen-bond donors (Lipinski definition) is 1. The Morgan fingerprint density at radius 2 is 2.29 bits per heavy atom. The summed E-state index contributed by atoms with van der Waals surface area (Å²) in [6, 6.07) is 0.684. The Bertz CT molecular complexity index is 335. The van der Waals surface area contributed by atoms with E-state index in [0.717, 1.165) is 43.3 Å². The van der Waals surface area contributed by atoms with Crippen LogP contribution in [-0.4, -0.2) is 28.5 Å². The van der Waals surface area contributed by atoms with Crippen molar-refractivity contribution in [3.63, 3.8) is 0 Å². The number of nitrogens with zero attached hydrogens (tertiary/aromatic N) is 3. The Hall–Kier alpha value is -0.680. The highest BCUT2D eigenvalue weighted by molar-refractivity contribution is 7.09. The summed E-state index contributed by atoms with van der Waals surface area (Å²) in [6.07, 6.45) is 7.10. The smallest absolute Gasteiger partial charge is 0.205 e. The molecular weight excluding hydrogens is 232 g/mol. The zero-order valence-corrected chi connectivity index (χ0v) is 11.4. The summed E-state index contributed by atoms with van der Waals surface area (Å²) in [4.78, 5) is 7.07. The van der Waals surface area contributed by atoms with Crippen LogP contribution in [0.25, 0.3) is 0 Å². The van der Waals surface area contributed by atoms with Gasteiger partial charge in [-0.15, -0.1) is 0 Å². The molecule has 1 aliphatic rings. The van der Waals surface area contributed by atoms with E-state index >= 15 is 0 Å². The first-order valence-corrected chi connectivity index (χ1v) is 7.41. The standard InChI is InChI=1S/C12H22N4S/c1-2-5-11-14-12(17-15-11)16(9-4-8-13)10-6-3-7-10/h10H,2-9,13H2,1H3. The molecule has 1 aliphatic carbocycles. The molecule has 1 heterocycles. The van der Waals surface area contributed by atoms with Crippen molar-refractivity contribution in [3.05, 3.63) is 5.82 Å². The predicted octanol–water partition coefficient (Wildman–Crippen LogP) is 2.20. The second kappa shape index (κ2) is 6.31. The predicted molar refractivity (Wildman–Crippen MR) is 72.6 cm³/mol. The van der Waals surface area contributed by atoms with Gasteiger partial charge in [-0.25, -0.2) is 4.98 Å². The van der Waals surface area contributed by atoms with Gasteiger partial charge in [-0.1, -0.05) is 6.92 Å². The van der Waals surface area contributed by atoms with Gasteiger partial charge in [-0.2, -0.15) is 4.37 Å². The van der Waals surface area contributed by atoms with Crippen molar-refractivity contribution in [3.8, 4) is 0 Å². The van der Waals surface area contributed by atoms with Gasteiger partial charge in [-0.05, 0) is 38.6 Å². The van der Waals surface area contributed by atoms with Crippen LogP contribution in [0.4, 0.5) is 5.13 Å². The molecule has 1 aromatic rings. The summed E-state index contributed by atoms with van der Waals surface area (Å²) in [7, 11) is 0. The van der Waals surface area contributed by atoms with E-state index in [-0.39, 0.29) is 0 Å². The molecule has 0 saturated heterocycles. The molecule has 0 bridgehead atoms. The van der Waals surface area contributed by atoms with E-state index < -0.39 is 0 Å². The molecule has 0 unspecified atom stereocenters. The third-order valence-electron chi connectivity index (χ3n) is 3.30. The second-order valence-electron chi connectivity index (χ2n) is 4.66. The highest BCUT2D eigenvalue weighted by atomic mass is 32.1. The molecule has 4 nitrogen and oxygen atoms in total. The first-order valence-electron chi connectivity index (χ1n) is 6.64. The lowest BCUT2D eigenvalue weighted by atomic mass is 9.92. The van der Waals surface area contributed by atoms with E-state index in [1.807, 2.05) is 0 Å². The number of anilines is 1. The minimum atomic E-state index is 0.684. The van der Waals surface area contributed by atoms with Crippen molar-refractivity contribution in [2.75, 3.05) is 18.0 Å². The molecular formula is C12H22N4S. The molecule has 2 N–H and O–H groups in total. The van der Waals surface area contributed by atoms with E-state index in [0.29, 0.717) is 6.04 Å². The minimum Gasteiger partial charge on any atom is -0.344 e. The second-order valence-corrected chi connectivity index (χ2v) is 5.39. The first-order chi connectivity index (χ1) is 8.35. The van der Waals surface area contributed by atoms with Crippen molar-refractivity contribution in [1.29, 1.82) is 0 Å². The van der Waals surface area contributed by atoms with Crippen molar-refractivity contribution >= 4 is 16.7 Å². The van der Waals surface area contributed by atoms with Gasteiger partial charge in [0.15, 0.2) is 0 Å². The summed E-state index contributed by atoms with van der Waals surface area (Å²) in [5, 5.41) is 1.10. The van der Waals surface area contributed by atoms with Gasteiger partial charge in [0.2, 0.25) is 5.13 Å². The van der Waals surface area contributed by atoms with Crippen LogP contribution in [0.2, 0.25) is 0 Å². The molecule has 0 amide bonds. The lowest BCUT2D eigenvalue weighted by molar-refractivity contribution is 0.384. The van der Waals surface area contributed by atoms with Gasteiger partial charge in [0.05, 0.1) is 0 Å². The monoisotopic (exact) mass is 254 g/mol. The molecule has 1 fully saturated rings. The Labute approximate surface area is 107 Å². The van der Waals surface area contributed by atoms with Gasteiger partial charge in [0.1, 0.15) is 5.82 Å². The van der Waals surface area contributed by atoms with Crippen LogP contribution >= 0.6 is 11.5 Å². The van der Waals surface area contributed by atoms with E-state index in [1.165, 1.54) is 19.3 Å². The topological polar surface area (TPSA) is 55.0 Å². The Kier molecular flexibility index (Phi) is 4.74. The quantitative estimate of drug-likeness (QED) is 0.810. The average Bonchev–Trinajstić information content (AvgIpc) is 2.70. The number of rotatable bonds is 7. The maximum absolute atomic E-state index is 5.61. The van der Waals surface area contributed by atoms with Crippen LogP contribution < -0.4 is 10.6 Å². The lowest BCUT2D eigenvalue weighted by Crippen LogP contribution is -2.41. The van der Waals surface area contributed by atoms with Gasteiger partial charge in [-0.3, -0.25) is 0 Å². The molecule has 1 aromatic heterocycles. The first kappa shape index (κ1) is 12.8. The molecule has 17 heavy (non-hydrogen) atoms. The maximum Gasteiger partial charge on any atom is 0.205 e. The summed E-state index contributed by atoms with van der Waals surface area (Å²) < 4.78 is 4.43. The van der Waals surface area contributed by atoms with Gasteiger partial charge in [0, 0.05) is 30.5 Å². The van der Waals surface area contributed by atoms with Crippen LogP contribution in [0.3, 0.4) is 0 Å². The summed E-state index contributed by atoms with van der Waals surface area (Å²) >= 11 is 1.55. The fourth-order valence-corrected chi connectivity index (χ4v) is 2.89. The van der Waals surface area contributed by atoms with Crippen LogP contribution in [0.5, 0.6) is 0 Å². The average molecular weight is 254 g/mol. The third kappa shape index (κ3) is 3.16. The highest BCUT2D eigenvalue weighted by Gasteiger charge is 2.26. The van der Waals surface area contributed by atoms with E-state index in [9.17, 15) is 0 Å². The molecule has 0 radical (unpaired) electrons. The van der Waals surface area contributed by atoms with Crippen molar-refractivity contribution in [2.24, 2.45) is 5.73 Å². The molecule has 2 rings (SSSR count). The largest absolute Gasteiger partial charge is 0.344 e. The van der Waals surface area contributed by atoms with Crippen LogP contribution in [0.1, 0.15) is 44.9 Å². The van der Waals surface area contributed by atoms with Crippen LogP contribution in [0, 0.1) is 0 Å². The molecule has 0 aliphatic heterocycles. The summed E-state index contributed by atoms with van der Waals surface area (Å²) in [5.74, 6) is 1.00. The number of hydrogen-bond acceptors (Lipinski definition) is 5. The normalized spacial score (nSPS) is 15.9. The number of nitrogens with two attached hydrogens (primary N) is 1. The van der Waals surface area contributed by atoms with Crippen molar-refractivity contribution in [2.45, 2.75) is 51.5 Å². The van der Waals surface area contributed by atoms with E-state index in [4.69, 9.17) is 5.73 Å². The maximum atomic E-state index is 5.61. The molecule has 0 spiro atoms. The Morgan fingerprint density at radius 3 is 2.88 bits per heavy atom. The summed E-state index contributed by atoms with van der Waals surface area (Å²) in [6.45, 7) is 3.95. The van der Waals surface area contributed by atoms with Crippen molar-refractivity contribution in [1.82, 2.24) is 9.36 Å². The number of aryl methyl sites for hydroxylation is 1. The molecule has 5 heteroatoms. The molecule has 0 aromatic carbocycles. The molecule has 96 valence electrons. The molecule has 0 atom stereocenters. The fourth-order valence-electron chi connectivity index (χ4n) is 2.08. The fraction of sp³-hybridized carbons (Fsp3) is 0.833. The highest BCUT2D eigenvalue weighted by Crippen LogP contribution is 2.30. The van der Waals surface area contributed by atoms with Gasteiger partial charge >= 0.3 is 0 Å². The van der Waals surface area contributed by atoms with Crippen LogP contribution in [0.15, 0.2) is 0 Å². The van der Waals surface area contributed by atoms with Gasteiger partial charge in [0.25, 0.3) is 0 Å². The van der Waals surface area contributed by atoms with E-state index in [2.05, 4.69) is 21.2 Å². The zero-order chi connectivity index (χ0) is 12.1. The SMILES string of the molecule is CCCc1nsc(N(CCCN)C2CCC2)n1. The Morgan fingerprint density at radius 1 is 1.47 bits per heavy atom. The minimum absolute atomic E-state index is 0.684. The van der Waals surface area contributed by atoms with Gasteiger partial charge < -0.3 is 10.6 Å².